The average molecular weight is 282 g/mol. The van der Waals surface area contributed by atoms with Crippen molar-refractivity contribution in [2.24, 2.45) is 0 Å². The number of hydrogen-bond acceptors (Lipinski definition) is 5. The Labute approximate surface area is 116 Å². The minimum absolute atomic E-state index is 0.327. The summed E-state index contributed by atoms with van der Waals surface area (Å²) in [6.45, 7) is 3.78. The van der Waals surface area contributed by atoms with E-state index >= 15 is 0 Å². The molecular formula is C13H18N2O5. The first kappa shape index (κ1) is 15.9. The maximum atomic E-state index is 11.0. The Morgan fingerprint density at radius 1 is 1.45 bits per heavy atom. The molecule has 0 atom stereocenters. The quantitative estimate of drug-likeness (QED) is 0.410. The van der Waals surface area contributed by atoms with Crippen LogP contribution in [0.2, 0.25) is 0 Å². The van der Waals surface area contributed by atoms with Crippen LogP contribution in [-0.2, 0) is 4.74 Å². The molecule has 1 rings (SSSR count). The Balaban J connectivity index is 2.57. The normalized spacial score (nSPS) is 10.2. The SMILES string of the molecule is CCCCOCCNc1ccc([N+](=O)[O-])c(C(=O)O)c1. The molecule has 1 aromatic carbocycles. The van der Waals surface area contributed by atoms with E-state index in [0.29, 0.717) is 25.4 Å². The second kappa shape index (κ2) is 8.11. The van der Waals surface area contributed by atoms with E-state index < -0.39 is 16.6 Å². The number of nitrogens with zero attached hydrogens (tertiary/aromatic N) is 1. The largest absolute Gasteiger partial charge is 0.477 e. The van der Waals surface area contributed by atoms with Gasteiger partial charge in [0.1, 0.15) is 5.56 Å². The molecule has 110 valence electrons. The van der Waals surface area contributed by atoms with Crippen molar-refractivity contribution in [2.75, 3.05) is 25.1 Å². The summed E-state index contributed by atoms with van der Waals surface area (Å²) < 4.78 is 5.35. The molecule has 7 heteroatoms. The molecule has 20 heavy (non-hydrogen) atoms. The van der Waals surface area contributed by atoms with Crippen molar-refractivity contribution in [3.8, 4) is 0 Å². The molecule has 0 unspecified atom stereocenters. The highest BCUT2D eigenvalue weighted by molar-refractivity contribution is 5.93. The third-order valence-corrected chi connectivity index (χ3v) is 2.64. The van der Waals surface area contributed by atoms with Crippen LogP contribution in [0.25, 0.3) is 0 Å². The van der Waals surface area contributed by atoms with Crippen molar-refractivity contribution in [2.45, 2.75) is 19.8 Å². The molecule has 0 aromatic heterocycles. The summed E-state index contributed by atoms with van der Waals surface area (Å²) in [6.07, 6.45) is 2.07. The molecule has 0 heterocycles. The molecule has 0 aliphatic heterocycles. The molecule has 7 nitrogen and oxygen atoms in total. The Hall–Kier alpha value is -2.15. The molecular weight excluding hydrogens is 264 g/mol. The summed E-state index contributed by atoms with van der Waals surface area (Å²) >= 11 is 0. The lowest BCUT2D eigenvalue weighted by atomic mass is 10.1. The van der Waals surface area contributed by atoms with Crippen molar-refractivity contribution in [3.05, 3.63) is 33.9 Å². The Kier molecular flexibility index (Phi) is 6.45. The molecule has 0 fully saturated rings. The van der Waals surface area contributed by atoms with Crippen LogP contribution in [0.1, 0.15) is 30.1 Å². The molecule has 0 aliphatic carbocycles. The second-order valence-corrected chi connectivity index (χ2v) is 4.19. The second-order valence-electron chi connectivity index (χ2n) is 4.19. The predicted molar refractivity (Wildman–Crippen MR) is 74.3 cm³/mol. The minimum atomic E-state index is -1.32. The van der Waals surface area contributed by atoms with Gasteiger partial charge in [-0.2, -0.15) is 0 Å². The van der Waals surface area contributed by atoms with Crippen LogP contribution in [0.5, 0.6) is 0 Å². The van der Waals surface area contributed by atoms with Gasteiger partial charge in [0, 0.05) is 24.9 Å². The zero-order chi connectivity index (χ0) is 15.0. The van der Waals surface area contributed by atoms with Gasteiger partial charge in [0.25, 0.3) is 5.69 Å². The molecule has 0 aliphatic rings. The minimum Gasteiger partial charge on any atom is -0.477 e. The molecule has 0 radical (unpaired) electrons. The summed E-state index contributed by atoms with van der Waals surface area (Å²) in [5, 5.41) is 22.6. The summed E-state index contributed by atoms with van der Waals surface area (Å²) in [7, 11) is 0. The fourth-order valence-corrected chi connectivity index (χ4v) is 1.59. The van der Waals surface area contributed by atoms with Gasteiger partial charge in [0.2, 0.25) is 0 Å². The number of hydrogen-bond donors (Lipinski definition) is 2. The van der Waals surface area contributed by atoms with E-state index in [-0.39, 0.29) is 5.56 Å². The van der Waals surface area contributed by atoms with E-state index in [0.717, 1.165) is 12.8 Å². The van der Waals surface area contributed by atoms with Crippen LogP contribution in [0.4, 0.5) is 11.4 Å². The van der Waals surface area contributed by atoms with Gasteiger partial charge in [-0.1, -0.05) is 13.3 Å². The van der Waals surface area contributed by atoms with E-state index in [9.17, 15) is 14.9 Å². The molecule has 0 saturated heterocycles. The van der Waals surface area contributed by atoms with Crippen molar-refractivity contribution < 1.29 is 19.6 Å². The van der Waals surface area contributed by atoms with Crippen LogP contribution >= 0.6 is 0 Å². The molecule has 0 bridgehead atoms. The van der Waals surface area contributed by atoms with Crippen molar-refractivity contribution >= 4 is 17.3 Å². The zero-order valence-corrected chi connectivity index (χ0v) is 11.3. The number of anilines is 1. The standard InChI is InChI=1S/C13H18N2O5/c1-2-3-7-20-8-6-14-10-4-5-12(15(18)19)11(9-10)13(16)17/h4-5,9,14H,2-3,6-8H2,1H3,(H,16,17). The number of rotatable bonds is 9. The first-order valence-corrected chi connectivity index (χ1v) is 6.39. The van der Waals surface area contributed by atoms with Gasteiger partial charge in [0.05, 0.1) is 11.5 Å². The van der Waals surface area contributed by atoms with Gasteiger partial charge < -0.3 is 15.2 Å². The summed E-state index contributed by atoms with van der Waals surface area (Å²) in [4.78, 5) is 21.0. The van der Waals surface area contributed by atoms with Gasteiger partial charge in [0.15, 0.2) is 0 Å². The van der Waals surface area contributed by atoms with Gasteiger partial charge in [-0.15, -0.1) is 0 Å². The van der Waals surface area contributed by atoms with Crippen LogP contribution in [0, 0.1) is 10.1 Å². The number of nitro benzene ring substituents is 1. The van der Waals surface area contributed by atoms with Crippen LogP contribution < -0.4 is 5.32 Å². The Bertz CT molecular complexity index is 476. The summed E-state index contributed by atoms with van der Waals surface area (Å²) in [5.41, 5.74) is -0.221. The van der Waals surface area contributed by atoms with E-state index in [2.05, 4.69) is 12.2 Å². The highest BCUT2D eigenvalue weighted by Crippen LogP contribution is 2.22. The summed E-state index contributed by atoms with van der Waals surface area (Å²) in [6, 6.07) is 3.92. The number of carboxylic acid groups (broad SMARTS) is 1. The molecule has 1 aromatic rings. The maximum absolute atomic E-state index is 11.0. The number of nitrogens with one attached hydrogen (secondary N) is 1. The topological polar surface area (TPSA) is 102 Å². The molecule has 0 spiro atoms. The number of carboxylic acids is 1. The van der Waals surface area contributed by atoms with Crippen molar-refractivity contribution in [1.29, 1.82) is 0 Å². The van der Waals surface area contributed by atoms with Gasteiger partial charge >= 0.3 is 5.97 Å². The molecule has 0 amide bonds. The molecule has 0 saturated carbocycles. The van der Waals surface area contributed by atoms with E-state index in [1.165, 1.54) is 18.2 Å². The number of benzene rings is 1. The third kappa shape index (κ3) is 4.85. The lowest BCUT2D eigenvalue weighted by Crippen LogP contribution is -2.11. The average Bonchev–Trinajstić information content (AvgIpc) is 2.42. The number of nitro groups is 1. The van der Waals surface area contributed by atoms with Crippen molar-refractivity contribution in [3.63, 3.8) is 0 Å². The monoisotopic (exact) mass is 282 g/mol. The Morgan fingerprint density at radius 2 is 2.20 bits per heavy atom. The van der Waals surface area contributed by atoms with Gasteiger partial charge in [-0.05, 0) is 18.6 Å². The van der Waals surface area contributed by atoms with Gasteiger partial charge in [-0.25, -0.2) is 4.79 Å². The first-order valence-electron chi connectivity index (χ1n) is 6.39. The maximum Gasteiger partial charge on any atom is 0.342 e. The molecule has 2 N–H and O–H groups in total. The highest BCUT2D eigenvalue weighted by Gasteiger charge is 2.19. The number of aromatic carboxylic acids is 1. The lowest BCUT2D eigenvalue weighted by Gasteiger charge is -2.08. The van der Waals surface area contributed by atoms with Crippen LogP contribution in [0.3, 0.4) is 0 Å². The zero-order valence-electron chi connectivity index (χ0n) is 11.3. The fraction of sp³-hybridized carbons (Fsp3) is 0.462. The highest BCUT2D eigenvalue weighted by atomic mass is 16.6. The van der Waals surface area contributed by atoms with Gasteiger partial charge in [-0.3, -0.25) is 10.1 Å². The smallest absolute Gasteiger partial charge is 0.342 e. The van der Waals surface area contributed by atoms with Crippen molar-refractivity contribution in [1.82, 2.24) is 0 Å². The first-order chi connectivity index (χ1) is 9.56. The van der Waals surface area contributed by atoms with E-state index in [1.807, 2.05) is 0 Å². The van der Waals surface area contributed by atoms with Crippen LogP contribution in [-0.4, -0.2) is 35.8 Å². The third-order valence-electron chi connectivity index (χ3n) is 2.64. The summed E-state index contributed by atoms with van der Waals surface area (Å²) in [5.74, 6) is -1.32. The fourth-order valence-electron chi connectivity index (χ4n) is 1.59. The Morgan fingerprint density at radius 3 is 2.80 bits per heavy atom. The van der Waals surface area contributed by atoms with Crippen LogP contribution in [0.15, 0.2) is 18.2 Å². The lowest BCUT2D eigenvalue weighted by molar-refractivity contribution is -0.385. The number of ether oxygens (including phenoxy) is 1. The predicted octanol–water partition coefficient (Wildman–Crippen LogP) is 2.52. The van der Waals surface area contributed by atoms with E-state index in [1.54, 1.807) is 0 Å². The number of unbranched alkanes of at least 4 members (excludes halogenated alkanes) is 1. The van der Waals surface area contributed by atoms with E-state index in [4.69, 9.17) is 9.84 Å². The number of carbonyl (C=O) groups is 1.